The number of pyridine rings is 1. The highest BCUT2D eigenvalue weighted by Crippen LogP contribution is 2.23. The summed E-state index contributed by atoms with van der Waals surface area (Å²) in [5, 5.41) is 0. The highest BCUT2D eigenvalue weighted by Gasteiger charge is 2.29. The average Bonchev–Trinajstić information content (AvgIpc) is 3.01. The topological polar surface area (TPSA) is 51.5 Å². The van der Waals surface area contributed by atoms with Gasteiger partial charge in [0.25, 0.3) is 11.5 Å². The third-order valence-corrected chi connectivity index (χ3v) is 5.01. The molecule has 126 valence electrons. The van der Waals surface area contributed by atoms with Gasteiger partial charge in [0, 0.05) is 36.2 Å². The lowest BCUT2D eigenvalue weighted by molar-refractivity contribution is 0.0771. The number of carbonyl (C=O) groups is 1. The van der Waals surface area contributed by atoms with E-state index < -0.39 is 0 Å². The van der Waals surface area contributed by atoms with Gasteiger partial charge in [0.1, 0.15) is 11.9 Å². The van der Waals surface area contributed by atoms with Gasteiger partial charge in [-0.05, 0) is 41.1 Å². The Morgan fingerprint density at radius 1 is 1.29 bits per heavy atom. The number of likely N-dealkylation sites (tertiary alicyclic amines) is 1. The molecule has 0 N–H and O–H groups in total. The molecule has 5 nitrogen and oxygen atoms in total. The summed E-state index contributed by atoms with van der Waals surface area (Å²) in [5.74, 6) is 0.560. The van der Waals surface area contributed by atoms with Crippen LogP contribution < -0.4 is 10.3 Å². The number of aryl methyl sites for hydroxylation is 1. The van der Waals surface area contributed by atoms with Gasteiger partial charge >= 0.3 is 0 Å². The number of halogens is 1. The maximum Gasteiger partial charge on any atom is 0.255 e. The van der Waals surface area contributed by atoms with Crippen molar-refractivity contribution in [2.45, 2.75) is 19.4 Å². The minimum atomic E-state index is -0.0945. The summed E-state index contributed by atoms with van der Waals surface area (Å²) in [7, 11) is 1.73. The summed E-state index contributed by atoms with van der Waals surface area (Å²) in [6.07, 6.45) is 0.660. The van der Waals surface area contributed by atoms with Crippen LogP contribution in [0.4, 0.5) is 0 Å². The van der Waals surface area contributed by atoms with Crippen molar-refractivity contribution in [2.24, 2.45) is 7.05 Å². The van der Waals surface area contributed by atoms with Crippen molar-refractivity contribution in [3.05, 3.63) is 62.5 Å². The maximum atomic E-state index is 12.6. The van der Waals surface area contributed by atoms with Gasteiger partial charge in [0.2, 0.25) is 0 Å². The third-order valence-electron chi connectivity index (χ3n) is 4.32. The van der Waals surface area contributed by atoms with Crippen molar-refractivity contribution in [3.63, 3.8) is 0 Å². The van der Waals surface area contributed by atoms with Crippen LogP contribution in [0.25, 0.3) is 0 Å². The second-order valence-electron chi connectivity index (χ2n) is 5.99. The van der Waals surface area contributed by atoms with Crippen LogP contribution >= 0.6 is 15.9 Å². The van der Waals surface area contributed by atoms with Crippen LogP contribution in [0.5, 0.6) is 5.75 Å². The molecule has 1 aromatic heterocycles. The van der Waals surface area contributed by atoms with Crippen LogP contribution in [0.2, 0.25) is 0 Å². The normalized spacial score (nSPS) is 17.1. The molecule has 0 bridgehead atoms. The van der Waals surface area contributed by atoms with Crippen LogP contribution in [-0.4, -0.2) is 34.6 Å². The first-order valence-electron chi connectivity index (χ1n) is 7.84. The van der Waals surface area contributed by atoms with E-state index in [1.54, 1.807) is 16.5 Å². The number of hydrogen-bond acceptors (Lipinski definition) is 3. The molecular formula is C18H19BrN2O3. The fraction of sp³-hybridized carbons (Fsp3) is 0.333. The van der Waals surface area contributed by atoms with Gasteiger partial charge in [0.05, 0.1) is 12.1 Å². The molecule has 1 saturated heterocycles. The Morgan fingerprint density at radius 2 is 2.04 bits per heavy atom. The second-order valence-corrected chi connectivity index (χ2v) is 6.84. The summed E-state index contributed by atoms with van der Waals surface area (Å²) < 4.78 is 8.29. The predicted molar refractivity (Wildman–Crippen MR) is 95.5 cm³/mol. The summed E-state index contributed by atoms with van der Waals surface area (Å²) in [6, 6.07) is 10.7. The monoisotopic (exact) mass is 390 g/mol. The molecule has 1 aromatic carbocycles. The molecule has 1 atom stereocenters. The SMILES string of the molecule is Cc1cc(O[C@H]2CCN(C(=O)c3ccccc3Br)C2)cc(=O)n1C. The van der Waals surface area contributed by atoms with E-state index in [-0.39, 0.29) is 17.6 Å². The molecule has 0 unspecified atom stereocenters. The van der Waals surface area contributed by atoms with E-state index in [1.807, 2.05) is 37.3 Å². The quantitative estimate of drug-likeness (QED) is 0.809. The summed E-state index contributed by atoms with van der Waals surface area (Å²) in [4.78, 5) is 26.2. The molecule has 1 amide bonds. The molecule has 1 aliphatic heterocycles. The molecule has 0 saturated carbocycles. The number of benzene rings is 1. The first kappa shape index (κ1) is 16.8. The van der Waals surface area contributed by atoms with Crippen LogP contribution in [0.3, 0.4) is 0 Å². The fourth-order valence-corrected chi connectivity index (χ4v) is 3.27. The minimum Gasteiger partial charge on any atom is -0.488 e. The zero-order valence-corrected chi connectivity index (χ0v) is 15.2. The van der Waals surface area contributed by atoms with E-state index in [2.05, 4.69) is 15.9 Å². The molecule has 6 heteroatoms. The zero-order valence-electron chi connectivity index (χ0n) is 13.7. The van der Waals surface area contributed by atoms with E-state index >= 15 is 0 Å². The number of rotatable bonds is 3. The van der Waals surface area contributed by atoms with Crippen molar-refractivity contribution in [1.29, 1.82) is 0 Å². The third kappa shape index (κ3) is 3.38. The summed E-state index contributed by atoms with van der Waals surface area (Å²) >= 11 is 3.42. The van der Waals surface area contributed by atoms with Crippen molar-refractivity contribution in [3.8, 4) is 5.75 Å². The molecular weight excluding hydrogens is 372 g/mol. The van der Waals surface area contributed by atoms with Gasteiger partial charge in [-0.3, -0.25) is 9.59 Å². The Hall–Kier alpha value is -2.08. The number of nitrogens with zero attached hydrogens (tertiary/aromatic N) is 2. The number of aromatic nitrogens is 1. The predicted octanol–water partition coefficient (Wildman–Crippen LogP) is 2.75. The number of hydrogen-bond donors (Lipinski definition) is 0. The molecule has 1 fully saturated rings. The van der Waals surface area contributed by atoms with Crippen LogP contribution in [0.1, 0.15) is 22.5 Å². The second kappa shape index (κ2) is 6.81. The number of ether oxygens (including phenoxy) is 1. The van der Waals surface area contributed by atoms with Crippen molar-refractivity contribution in [2.75, 3.05) is 13.1 Å². The Labute approximate surface area is 149 Å². The van der Waals surface area contributed by atoms with Crippen LogP contribution in [0, 0.1) is 6.92 Å². The fourth-order valence-electron chi connectivity index (χ4n) is 2.81. The van der Waals surface area contributed by atoms with Crippen molar-refractivity contribution >= 4 is 21.8 Å². The molecule has 24 heavy (non-hydrogen) atoms. The Balaban J connectivity index is 1.69. The van der Waals surface area contributed by atoms with Crippen molar-refractivity contribution in [1.82, 2.24) is 9.47 Å². The Bertz CT molecular complexity index is 831. The lowest BCUT2D eigenvalue weighted by Crippen LogP contribution is -2.31. The molecule has 0 aliphatic carbocycles. The van der Waals surface area contributed by atoms with E-state index in [1.165, 1.54) is 6.07 Å². The van der Waals surface area contributed by atoms with Gasteiger partial charge < -0.3 is 14.2 Å². The molecule has 0 spiro atoms. The molecule has 2 heterocycles. The molecule has 1 aliphatic rings. The largest absolute Gasteiger partial charge is 0.488 e. The van der Waals surface area contributed by atoms with Crippen LogP contribution in [-0.2, 0) is 7.05 Å². The van der Waals surface area contributed by atoms with Crippen molar-refractivity contribution < 1.29 is 9.53 Å². The first-order chi connectivity index (χ1) is 11.5. The molecule has 2 aromatic rings. The van der Waals surface area contributed by atoms with E-state index in [0.29, 0.717) is 24.4 Å². The number of carbonyl (C=O) groups excluding carboxylic acids is 1. The maximum absolute atomic E-state index is 12.6. The first-order valence-corrected chi connectivity index (χ1v) is 8.63. The van der Waals surface area contributed by atoms with Gasteiger partial charge in [-0.1, -0.05) is 12.1 Å². The smallest absolute Gasteiger partial charge is 0.255 e. The Morgan fingerprint density at radius 3 is 2.75 bits per heavy atom. The van der Waals surface area contributed by atoms with Crippen LogP contribution in [0.15, 0.2) is 45.7 Å². The standard InChI is InChI=1S/C18H19BrN2O3/c1-12-9-14(10-17(22)20(12)2)24-13-7-8-21(11-13)18(23)15-5-3-4-6-16(15)19/h3-6,9-10,13H,7-8,11H2,1-2H3/t13-/m0/s1. The Kier molecular flexibility index (Phi) is 4.76. The lowest BCUT2D eigenvalue weighted by atomic mass is 10.2. The summed E-state index contributed by atoms with van der Waals surface area (Å²) in [5.41, 5.74) is 1.41. The number of amides is 1. The zero-order chi connectivity index (χ0) is 17.3. The van der Waals surface area contributed by atoms with E-state index in [9.17, 15) is 9.59 Å². The average molecular weight is 391 g/mol. The van der Waals surface area contributed by atoms with E-state index in [4.69, 9.17) is 4.74 Å². The van der Waals surface area contributed by atoms with E-state index in [0.717, 1.165) is 16.6 Å². The van der Waals surface area contributed by atoms with Gasteiger partial charge in [-0.15, -0.1) is 0 Å². The van der Waals surface area contributed by atoms with Gasteiger partial charge in [-0.25, -0.2) is 0 Å². The highest BCUT2D eigenvalue weighted by molar-refractivity contribution is 9.10. The van der Waals surface area contributed by atoms with Gasteiger partial charge in [0.15, 0.2) is 0 Å². The molecule has 0 radical (unpaired) electrons. The minimum absolute atomic E-state index is 0.00580. The molecule has 3 rings (SSSR count). The summed E-state index contributed by atoms with van der Waals surface area (Å²) in [6.45, 7) is 3.04. The highest BCUT2D eigenvalue weighted by atomic mass is 79.9. The lowest BCUT2D eigenvalue weighted by Gasteiger charge is -2.18. The van der Waals surface area contributed by atoms with Gasteiger partial charge in [-0.2, -0.15) is 0 Å².